The maximum Gasteiger partial charge on any atom is 0.294 e. The van der Waals surface area contributed by atoms with Crippen LogP contribution < -0.4 is 15.0 Å². The molecule has 2 aromatic heterocycles. The lowest BCUT2D eigenvalue weighted by Gasteiger charge is -2.22. The number of ether oxygens (including phenoxy) is 1. The van der Waals surface area contributed by atoms with Gasteiger partial charge in [0, 0.05) is 61.7 Å². The van der Waals surface area contributed by atoms with Gasteiger partial charge < -0.3 is 24.4 Å². The minimum atomic E-state index is -2.88. The van der Waals surface area contributed by atoms with E-state index in [4.69, 9.17) is 8.85 Å². The smallest absolute Gasteiger partial charge is 0.294 e. The van der Waals surface area contributed by atoms with Gasteiger partial charge in [-0.15, -0.1) is 0 Å². The van der Waals surface area contributed by atoms with Gasteiger partial charge >= 0.3 is 0 Å². The largest absolute Gasteiger partial charge is 0.494 e. The number of nitro groups is 1. The van der Waals surface area contributed by atoms with Crippen LogP contribution in [-0.4, -0.2) is 70.7 Å². The highest BCUT2D eigenvalue weighted by molar-refractivity contribution is 5.81. The molecule has 0 amide bonds. The van der Waals surface area contributed by atoms with Gasteiger partial charge in [-0.1, -0.05) is 0 Å². The first-order valence-corrected chi connectivity index (χ1v) is 11.0. The van der Waals surface area contributed by atoms with Gasteiger partial charge in [-0.3, -0.25) is 10.1 Å². The number of halogens is 2. The summed E-state index contributed by atoms with van der Waals surface area (Å²) in [6.07, 6.45) is 1.30. The first kappa shape index (κ1) is 21.9. The topological polar surface area (TPSA) is 114 Å². The van der Waals surface area contributed by atoms with E-state index in [1.807, 2.05) is 19.0 Å². The molecule has 11 nitrogen and oxygen atoms in total. The first-order valence-electron chi connectivity index (χ1n) is 12.5. The lowest BCUT2D eigenvalue weighted by molar-refractivity contribution is -0.384. The van der Waals surface area contributed by atoms with Crippen molar-refractivity contribution in [1.82, 2.24) is 24.4 Å². The van der Waals surface area contributed by atoms with Crippen molar-refractivity contribution < 1.29 is 22.6 Å². The average Bonchev–Trinajstić information content (AvgIpc) is 3.27. The highest BCUT2D eigenvalue weighted by Crippen LogP contribution is 2.39. The number of imidazole rings is 1. The van der Waals surface area contributed by atoms with Crippen molar-refractivity contribution >= 4 is 34.0 Å². The number of fused-ring (bicyclic) bond motifs is 1. The van der Waals surface area contributed by atoms with Gasteiger partial charge in [-0.25, -0.2) is 23.7 Å². The summed E-state index contributed by atoms with van der Waals surface area (Å²) in [4.78, 5) is 27.6. The predicted octanol–water partition coefficient (Wildman–Crippen LogP) is 3.97. The van der Waals surface area contributed by atoms with E-state index in [0.717, 1.165) is 6.07 Å². The third kappa shape index (κ3) is 5.26. The number of benzene rings is 2. The van der Waals surface area contributed by atoms with E-state index in [-0.39, 0.29) is 40.1 Å². The molecule has 0 aliphatic rings. The van der Waals surface area contributed by atoms with E-state index in [1.54, 1.807) is 11.9 Å². The Hall–Kier alpha value is -4.39. The van der Waals surface area contributed by atoms with Crippen LogP contribution in [0.1, 0.15) is 4.11 Å². The third-order valence-electron chi connectivity index (χ3n) is 5.59. The standard InChI is InChI=1S/C24H26F2N8O3/c1-31(2)8-9-32(3)19-13-21(37-5)17(12-20(19)34(35)36)30-24-27-7-6-16(29-24)23-28-18-11-14(25)10-15(26)22(18)33(23)4/h6-7,10-13H,8-9H2,1-5H3,(H,27,29,30)/i4D3. The lowest BCUT2D eigenvalue weighted by Crippen LogP contribution is -2.28. The van der Waals surface area contributed by atoms with Crippen LogP contribution in [0.4, 0.5) is 31.8 Å². The van der Waals surface area contributed by atoms with Crippen LogP contribution >= 0.6 is 0 Å². The van der Waals surface area contributed by atoms with E-state index in [0.29, 0.717) is 29.4 Å². The van der Waals surface area contributed by atoms with E-state index in [2.05, 4.69) is 20.3 Å². The molecule has 1 N–H and O–H groups in total. The molecule has 0 atom stereocenters. The highest BCUT2D eigenvalue weighted by Gasteiger charge is 2.23. The van der Waals surface area contributed by atoms with E-state index in [1.165, 1.54) is 31.5 Å². The zero-order valence-electron chi connectivity index (χ0n) is 23.5. The predicted molar refractivity (Wildman–Crippen MR) is 136 cm³/mol. The van der Waals surface area contributed by atoms with Crippen molar-refractivity contribution in [2.75, 3.05) is 51.6 Å². The van der Waals surface area contributed by atoms with Gasteiger partial charge in [0.05, 0.1) is 23.2 Å². The molecular formula is C24H26F2N8O3. The zero-order chi connectivity index (χ0) is 29.4. The van der Waals surface area contributed by atoms with Crippen LogP contribution in [0.2, 0.25) is 0 Å². The normalized spacial score (nSPS) is 12.8. The molecule has 0 saturated carbocycles. The molecule has 13 heteroatoms. The number of nitro benzene ring substituents is 1. The SMILES string of the molecule is [2H]C([2H])([2H])n1c(-c2ccnc(Nc3cc([N+](=O)[O-])c(N(C)CCN(C)C)cc3OC)n2)nc2cc(F)cc(F)c21. The van der Waals surface area contributed by atoms with Crippen LogP contribution in [0.25, 0.3) is 22.6 Å². The Balaban J connectivity index is 1.77. The van der Waals surface area contributed by atoms with Gasteiger partial charge in [0.15, 0.2) is 11.6 Å². The van der Waals surface area contributed by atoms with E-state index in [9.17, 15) is 18.9 Å². The number of methoxy groups -OCH3 is 1. The van der Waals surface area contributed by atoms with Crippen molar-refractivity contribution in [1.29, 1.82) is 0 Å². The summed E-state index contributed by atoms with van der Waals surface area (Å²) in [5.41, 5.74) is -0.308. The monoisotopic (exact) mass is 515 g/mol. The van der Waals surface area contributed by atoms with Gasteiger partial charge in [0.1, 0.15) is 28.5 Å². The maximum atomic E-state index is 14.6. The molecular weight excluding hydrogens is 486 g/mol. The fourth-order valence-electron chi connectivity index (χ4n) is 3.71. The van der Waals surface area contributed by atoms with Crippen molar-refractivity contribution in [3.05, 3.63) is 58.3 Å². The molecule has 0 bridgehead atoms. The Bertz CT molecular complexity index is 1580. The number of hydrogen-bond acceptors (Lipinski definition) is 9. The van der Waals surface area contributed by atoms with E-state index < -0.39 is 29.1 Å². The van der Waals surface area contributed by atoms with Crippen molar-refractivity contribution in [3.8, 4) is 17.3 Å². The average molecular weight is 516 g/mol. The minimum Gasteiger partial charge on any atom is -0.494 e. The molecule has 0 aliphatic carbocycles. The fourth-order valence-corrected chi connectivity index (χ4v) is 3.71. The van der Waals surface area contributed by atoms with Crippen LogP contribution in [0.3, 0.4) is 0 Å². The lowest BCUT2D eigenvalue weighted by atomic mass is 10.2. The molecule has 0 spiro atoms. The van der Waals surface area contributed by atoms with Crippen molar-refractivity contribution in [3.63, 3.8) is 0 Å². The Kier molecular flexibility index (Phi) is 6.09. The Morgan fingerprint density at radius 3 is 2.65 bits per heavy atom. The molecule has 2 aromatic carbocycles. The van der Waals surface area contributed by atoms with Crippen LogP contribution in [0.15, 0.2) is 36.5 Å². The van der Waals surface area contributed by atoms with Crippen molar-refractivity contribution in [2.24, 2.45) is 6.98 Å². The van der Waals surface area contributed by atoms with Crippen LogP contribution in [-0.2, 0) is 6.98 Å². The molecule has 0 unspecified atom stereocenters. The van der Waals surface area contributed by atoms with Gasteiger partial charge in [0.25, 0.3) is 5.69 Å². The number of aromatic nitrogens is 4. The minimum absolute atomic E-state index is 0.0156. The Morgan fingerprint density at radius 2 is 1.97 bits per heavy atom. The number of nitrogens with zero attached hydrogens (tertiary/aromatic N) is 7. The van der Waals surface area contributed by atoms with Crippen LogP contribution in [0.5, 0.6) is 5.75 Å². The second-order valence-corrected chi connectivity index (χ2v) is 8.44. The molecule has 2 heterocycles. The van der Waals surface area contributed by atoms with Gasteiger partial charge in [0.2, 0.25) is 5.95 Å². The summed E-state index contributed by atoms with van der Waals surface area (Å²) in [6, 6.07) is 5.65. The Labute approximate surface area is 215 Å². The summed E-state index contributed by atoms with van der Waals surface area (Å²) >= 11 is 0. The molecule has 0 aliphatic heterocycles. The molecule has 4 aromatic rings. The summed E-state index contributed by atoms with van der Waals surface area (Å²) in [7, 11) is 6.92. The molecule has 194 valence electrons. The number of rotatable bonds is 9. The number of anilines is 3. The molecule has 0 radical (unpaired) electrons. The highest BCUT2D eigenvalue weighted by atomic mass is 19.1. The summed E-state index contributed by atoms with van der Waals surface area (Å²) in [5.74, 6) is -2.07. The molecule has 0 fully saturated rings. The second-order valence-electron chi connectivity index (χ2n) is 8.44. The van der Waals surface area contributed by atoms with Gasteiger partial charge in [-0.2, -0.15) is 0 Å². The Morgan fingerprint density at radius 1 is 1.19 bits per heavy atom. The number of nitrogens with one attached hydrogen (secondary N) is 1. The molecule has 0 saturated heterocycles. The number of aryl methyl sites for hydroxylation is 1. The maximum absolute atomic E-state index is 14.6. The summed E-state index contributed by atoms with van der Waals surface area (Å²) in [5, 5.41) is 14.8. The second kappa shape index (κ2) is 10.3. The number of likely N-dealkylation sites (N-methyl/N-ethyl adjacent to an activating group) is 2. The summed E-state index contributed by atoms with van der Waals surface area (Å²) in [6.45, 7) is -1.70. The molecule has 37 heavy (non-hydrogen) atoms. The van der Waals surface area contributed by atoms with E-state index >= 15 is 0 Å². The van der Waals surface area contributed by atoms with Crippen LogP contribution in [0, 0.1) is 21.7 Å². The fraction of sp³-hybridized carbons (Fsp3) is 0.292. The summed E-state index contributed by atoms with van der Waals surface area (Å²) < 4.78 is 58.3. The quantitative estimate of drug-likeness (QED) is 0.261. The number of hydrogen-bond donors (Lipinski definition) is 1. The zero-order valence-corrected chi connectivity index (χ0v) is 20.5. The van der Waals surface area contributed by atoms with Crippen molar-refractivity contribution in [2.45, 2.75) is 0 Å². The first-order chi connectivity index (χ1) is 18.8. The third-order valence-corrected chi connectivity index (χ3v) is 5.59. The molecule has 4 rings (SSSR count). The van der Waals surface area contributed by atoms with Gasteiger partial charge in [-0.05, 0) is 20.2 Å².